The van der Waals surface area contributed by atoms with Crippen LogP contribution in [0.3, 0.4) is 0 Å². The van der Waals surface area contributed by atoms with Crippen LogP contribution in [0.5, 0.6) is 0 Å². The van der Waals surface area contributed by atoms with Gasteiger partial charge in [-0.2, -0.15) is 0 Å². The van der Waals surface area contributed by atoms with E-state index in [1.54, 1.807) is 4.90 Å². The first kappa shape index (κ1) is 14.6. The number of nitrogens with zero attached hydrogens (tertiary/aromatic N) is 2. The fraction of sp³-hybridized carbons (Fsp3) is 0.462. The van der Waals surface area contributed by atoms with Gasteiger partial charge in [-0.25, -0.2) is 4.79 Å². The fourth-order valence-electron chi connectivity index (χ4n) is 2.33. The Balaban J connectivity index is 2.13. The molecule has 0 radical (unpaired) electrons. The first-order chi connectivity index (χ1) is 9.47. The van der Waals surface area contributed by atoms with Gasteiger partial charge in [-0.1, -0.05) is 18.5 Å². The summed E-state index contributed by atoms with van der Waals surface area (Å²) in [6, 6.07) is 3.90. The van der Waals surface area contributed by atoms with Crippen molar-refractivity contribution in [3.63, 3.8) is 0 Å². The van der Waals surface area contributed by atoms with Crippen LogP contribution in [0.25, 0.3) is 0 Å². The molecule has 108 valence electrons. The van der Waals surface area contributed by atoms with Crippen LogP contribution in [0.15, 0.2) is 18.2 Å². The highest BCUT2D eigenvalue weighted by atomic mass is 35.5. The van der Waals surface area contributed by atoms with Crippen molar-refractivity contribution in [2.45, 2.75) is 19.8 Å². The van der Waals surface area contributed by atoms with E-state index < -0.39 is 4.92 Å². The number of piperidine rings is 1. The molecule has 6 nitrogen and oxygen atoms in total. The molecule has 0 bridgehead atoms. The minimum absolute atomic E-state index is 0.169. The molecular weight excluding hydrogens is 282 g/mol. The van der Waals surface area contributed by atoms with Gasteiger partial charge in [0.15, 0.2) is 0 Å². The smallest absolute Gasteiger partial charge is 0.322 e. The minimum Gasteiger partial charge on any atom is -0.324 e. The van der Waals surface area contributed by atoms with Crippen molar-refractivity contribution in [2.24, 2.45) is 5.92 Å². The highest BCUT2D eigenvalue weighted by Crippen LogP contribution is 2.28. The molecule has 0 aromatic heterocycles. The number of halogens is 1. The fourth-order valence-corrected chi connectivity index (χ4v) is 2.50. The first-order valence-corrected chi connectivity index (χ1v) is 6.85. The molecule has 1 atom stereocenters. The number of hydrogen-bond acceptors (Lipinski definition) is 3. The molecule has 1 saturated heterocycles. The van der Waals surface area contributed by atoms with Gasteiger partial charge < -0.3 is 10.2 Å². The van der Waals surface area contributed by atoms with Gasteiger partial charge in [0.2, 0.25) is 0 Å². The van der Waals surface area contributed by atoms with E-state index in [0.29, 0.717) is 19.0 Å². The molecule has 1 fully saturated rings. The Morgan fingerprint density at radius 2 is 2.30 bits per heavy atom. The summed E-state index contributed by atoms with van der Waals surface area (Å²) < 4.78 is 0. The third-order valence-electron chi connectivity index (χ3n) is 3.34. The molecule has 0 saturated carbocycles. The van der Waals surface area contributed by atoms with Crippen LogP contribution < -0.4 is 5.32 Å². The van der Waals surface area contributed by atoms with Gasteiger partial charge in [-0.15, -0.1) is 0 Å². The average molecular weight is 298 g/mol. The summed E-state index contributed by atoms with van der Waals surface area (Å²) in [4.78, 5) is 24.2. The number of urea groups is 1. The maximum atomic E-state index is 12.1. The van der Waals surface area contributed by atoms with Gasteiger partial charge in [-0.3, -0.25) is 10.1 Å². The predicted molar refractivity (Wildman–Crippen MR) is 77.1 cm³/mol. The van der Waals surface area contributed by atoms with Crippen LogP contribution in [-0.4, -0.2) is 28.9 Å². The number of hydrogen-bond donors (Lipinski definition) is 1. The van der Waals surface area contributed by atoms with Crippen molar-refractivity contribution in [2.75, 3.05) is 18.4 Å². The number of carbonyl (C=O) groups excluding carboxylic acids is 1. The number of nitro benzene ring substituents is 1. The van der Waals surface area contributed by atoms with E-state index in [1.165, 1.54) is 18.2 Å². The zero-order chi connectivity index (χ0) is 14.7. The SMILES string of the molecule is CC1CCCN(C(=O)Nc2ccc(Cl)cc2[N+](=O)[O-])C1. The van der Waals surface area contributed by atoms with E-state index >= 15 is 0 Å². The lowest BCUT2D eigenvalue weighted by atomic mass is 10.0. The van der Waals surface area contributed by atoms with Crippen molar-refractivity contribution < 1.29 is 9.72 Å². The summed E-state index contributed by atoms with van der Waals surface area (Å²) in [7, 11) is 0. The average Bonchev–Trinajstić information content (AvgIpc) is 2.40. The molecule has 1 aromatic carbocycles. The maximum Gasteiger partial charge on any atom is 0.322 e. The number of nitro groups is 1. The van der Waals surface area contributed by atoms with Crippen LogP contribution in [0.1, 0.15) is 19.8 Å². The largest absolute Gasteiger partial charge is 0.324 e. The number of amides is 2. The quantitative estimate of drug-likeness (QED) is 0.670. The lowest BCUT2D eigenvalue weighted by Gasteiger charge is -2.30. The molecule has 1 unspecified atom stereocenters. The van der Waals surface area contributed by atoms with E-state index in [2.05, 4.69) is 12.2 Å². The van der Waals surface area contributed by atoms with Crippen LogP contribution in [-0.2, 0) is 0 Å². The number of anilines is 1. The minimum atomic E-state index is -0.555. The Hall–Kier alpha value is -1.82. The van der Waals surface area contributed by atoms with Crippen molar-refractivity contribution >= 4 is 29.0 Å². The monoisotopic (exact) mass is 297 g/mol. The van der Waals surface area contributed by atoms with Gasteiger partial charge in [0.05, 0.1) is 4.92 Å². The number of carbonyl (C=O) groups is 1. The van der Waals surface area contributed by atoms with Crippen LogP contribution in [0, 0.1) is 16.0 Å². The molecule has 0 spiro atoms. The summed E-state index contributed by atoms with van der Waals surface area (Å²) >= 11 is 5.74. The summed E-state index contributed by atoms with van der Waals surface area (Å²) in [5, 5.41) is 13.8. The molecule has 0 aliphatic carbocycles. The van der Waals surface area contributed by atoms with Gasteiger partial charge in [0, 0.05) is 24.2 Å². The van der Waals surface area contributed by atoms with E-state index in [1.807, 2.05) is 0 Å². The van der Waals surface area contributed by atoms with Crippen molar-refractivity contribution in [3.05, 3.63) is 33.3 Å². The Morgan fingerprint density at radius 3 is 2.95 bits per heavy atom. The summed E-state index contributed by atoms with van der Waals surface area (Å²) in [5.74, 6) is 0.453. The topological polar surface area (TPSA) is 75.5 Å². The number of rotatable bonds is 2. The second-order valence-electron chi connectivity index (χ2n) is 5.04. The Morgan fingerprint density at radius 1 is 1.55 bits per heavy atom. The zero-order valence-corrected chi connectivity index (χ0v) is 11.9. The Kier molecular flexibility index (Phi) is 4.44. The van der Waals surface area contributed by atoms with Crippen LogP contribution >= 0.6 is 11.6 Å². The standard InChI is InChI=1S/C13H16ClN3O3/c1-9-3-2-6-16(8-9)13(18)15-11-5-4-10(14)7-12(11)17(19)20/h4-5,7,9H,2-3,6,8H2,1H3,(H,15,18). The van der Waals surface area contributed by atoms with E-state index in [0.717, 1.165) is 12.8 Å². The normalized spacial score (nSPS) is 18.7. The molecule has 1 heterocycles. The van der Waals surface area contributed by atoms with Gasteiger partial charge >= 0.3 is 6.03 Å². The molecule has 7 heteroatoms. The number of nitrogens with one attached hydrogen (secondary N) is 1. The zero-order valence-electron chi connectivity index (χ0n) is 11.1. The van der Waals surface area contributed by atoms with Crippen LogP contribution in [0.4, 0.5) is 16.2 Å². The van der Waals surface area contributed by atoms with E-state index in [4.69, 9.17) is 11.6 Å². The summed E-state index contributed by atoms with van der Waals surface area (Å²) in [6.07, 6.45) is 2.06. The lowest BCUT2D eigenvalue weighted by molar-refractivity contribution is -0.383. The molecule has 1 aromatic rings. The maximum absolute atomic E-state index is 12.1. The van der Waals surface area contributed by atoms with E-state index in [9.17, 15) is 14.9 Å². The Labute approximate surface area is 121 Å². The lowest BCUT2D eigenvalue weighted by Crippen LogP contribution is -2.41. The molecule has 2 amide bonds. The third-order valence-corrected chi connectivity index (χ3v) is 3.58. The van der Waals surface area contributed by atoms with Gasteiger partial charge in [0.25, 0.3) is 5.69 Å². The summed E-state index contributed by atoms with van der Waals surface area (Å²) in [5.41, 5.74) is -0.0291. The van der Waals surface area contributed by atoms with Gasteiger partial charge in [0.1, 0.15) is 5.69 Å². The number of likely N-dealkylation sites (tertiary alicyclic amines) is 1. The van der Waals surface area contributed by atoms with Gasteiger partial charge in [-0.05, 0) is 30.9 Å². The Bertz CT molecular complexity index is 536. The molecule has 1 aliphatic rings. The third kappa shape index (κ3) is 3.39. The highest BCUT2D eigenvalue weighted by molar-refractivity contribution is 6.31. The highest BCUT2D eigenvalue weighted by Gasteiger charge is 2.23. The van der Waals surface area contributed by atoms with Crippen molar-refractivity contribution in [3.8, 4) is 0 Å². The molecular formula is C13H16ClN3O3. The summed E-state index contributed by atoms with van der Waals surface area (Å²) in [6.45, 7) is 3.44. The van der Waals surface area contributed by atoms with Crippen LogP contribution in [0.2, 0.25) is 5.02 Å². The second kappa shape index (κ2) is 6.09. The first-order valence-electron chi connectivity index (χ1n) is 6.47. The second-order valence-corrected chi connectivity index (χ2v) is 5.48. The molecule has 1 N–H and O–H groups in total. The molecule has 20 heavy (non-hydrogen) atoms. The van der Waals surface area contributed by atoms with Crippen molar-refractivity contribution in [1.29, 1.82) is 0 Å². The van der Waals surface area contributed by atoms with E-state index in [-0.39, 0.29) is 22.4 Å². The molecule has 2 rings (SSSR count). The van der Waals surface area contributed by atoms with Crippen molar-refractivity contribution in [1.82, 2.24) is 4.90 Å². The predicted octanol–water partition coefficient (Wildman–Crippen LogP) is 3.51. The molecule has 1 aliphatic heterocycles. The number of benzene rings is 1.